The van der Waals surface area contributed by atoms with Crippen molar-refractivity contribution in [2.24, 2.45) is 0 Å². The molecule has 4 amide bonds. The van der Waals surface area contributed by atoms with Crippen molar-refractivity contribution in [3.05, 3.63) is 77.9 Å². The fraction of sp³-hybridized carbons (Fsp3) is 0.286. The maximum Gasteiger partial charge on any atom is 0.323 e. The largest absolute Gasteiger partial charge is 0.492 e. The summed E-state index contributed by atoms with van der Waals surface area (Å²) < 4.78 is 5.61. The number of amides is 4. The highest BCUT2D eigenvalue weighted by Crippen LogP contribution is 2.26. The van der Waals surface area contributed by atoms with E-state index in [1.807, 2.05) is 92.4 Å². The van der Waals surface area contributed by atoms with Crippen molar-refractivity contribution in [3.8, 4) is 5.75 Å². The Morgan fingerprint density at radius 1 is 0.833 bits per heavy atom. The highest BCUT2D eigenvalue weighted by Gasteiger charge is 2.21. The van der Waals surface area contributed by atoms with E-state index < -0.39 is 0 Å². The van der Waals surface area contributed by atoms with Gasteiger partial charge in [-0.1, -0.05) is 24.3 Å². The molecule has 188 valence electrons. The number of carbonyl (C=O) groups is 2. The molecule has 0 atom stereocenters. The Morgan fingerprint density at radius 3 is 2.25 bits per heavy atom. The van der Waals surface area contributed by atoms with Crippen LogP contribution in [0.3, 0.4) is 0 Å². The smallest absolute Gasteiger partial charge is 0.323 e. The van der Waals surface area contributed by atoms with Gasteiger partial charge in [-0.15, -0.1) is 0 Å². The van der Waals surface area contributed by atoms with Crippen LogP contribution in [0.15, 0.2) is 66.7 Å². The van der Waals surface area contributed by atoms with Gasteiger partial charge in [0.2, 0.25) is 0 Å². The molecule has 0 aromatic heterocycles. The van der Waals surface area contributed by atoms with Gasteiger partial charge in [0.15, 0.2) is 0 Å². The maximum absolute atomic E-state index is 12.7. The molecule has 1 heterocycles. The van der Waals surface area contributed by atoms with E-state index in [1.54, 1.807) is 0 Å². The zero-order valence-corrected chi connectivity index (χ0v) is 21.0. The van der Waals surface area contributed by atoms with Crippen molar-refractivity contribution in [2.45, 2.75) is 20.8 Å². The van der Waals surface area contributed by atoms with Crippen LogP contribution in [0, 0.1) is 13.8 Å². The number of para-hydroxylation sites is 1. The molecule has 0 saturated carbocycles. The first-order valence-electron chi connectivity index (χ1n) is 12.2. The summed E-state index contributed by atoms with van der Waals surface area (Å²) >= 11 is 0. The Kier molecular flexibility index (Phi) is 7.95. The number of nitrogens with zero attached hydrogens (tertiary/aromatic N) is 2. The molecule has 4 rings (SSSR count). The van der Waals surface area contributed by atoms with E-state index in [9.17, 15) is 9.59 Å². The summed E-state index contributed by atoms with van der Waals surface area (Å²) in [5, 5.41) is 8.75. The first kappa shape index (κ1) is 24.9. The number of rotatable bonds is 6. The summed E-state index contributed by atoms with van der Waals surface area (Å²) in [5.74, 6) is 0.639. The number of ether oxygens (including phenoxy) is 1. The minimum Gasteiger partial charge on any atom is -0.492 e. The number of carbonyl (C=O) groups excluding carboxylic acids is 2. The lowest BCUT2D eigenvalue weighted by Crippen LogP contribution is -2.50. The average molecular weight is 488 g/mol. The van der Waals surface area contributed by atoms with E-state index >= 15 is 0 Å². The Balaban J connectivity index is 1.29. The van der Waals surface area contributed by atoms with Gasteiger partial charge in [-0.25, -0.2) is 9.59 Å². The Bertz CT molecular complexity index is 1200. The van der Waals surface area contributed by atoms with Crippen LogP contribution < -0.4 is 25.6 Å². The van der Waals surface area contributed by atoms with Crippen molar-refractivity contribution in [2.75, 3.05) is 53.6 Å². The predicted molar refractivity (Wildman–Crippen MR) is 145 cm³/mol. The van der Waals surface area contributed by atoms with Crippen molar-refractivity contribution in [3.63, 3.8) is 0 Å². The minimum atomic E-state index is -0.331. The summed E-state index contributed by atoms with van der Waals surface area (Å²) in [5.41, 5.74) is 5.30. The highest BCUT2D eigenvalue weighted by atomic mass is 16.5. The van der Waals surface area contributed by atoms with Crippen molar-refractivity contribution in [1.82, 2.24) is 4.90 Å². The fourth-order valence-electron chi connectivity index (χ4n) is 4.14. The van der Waals surface area contributed by atoms with E-state index in [0.29, 0.717) is 36.8 Å². The Hall–Kier alpha value is -4.20. The highest BCUT2D eigenvalue weighted by molar-refractivity contribution is 6.00. The normalized spacial score (nSPS) is 13.2. The molecule has 3 N–H and O–H groups in total. The summed E-state index contributed by atoms with van der Waals surface area (Å²) in [4.78, 5) is 29.3. The molecule has 1 aliphatic heterocycles. The summed E-state index contributed by atoms with van der Waals surface area (Å²) in [6.07, 6.45) is 0. The lowest BCUT2D eigenvalue weighted by Gasteiger charge is -2.36. The molecule has 0 unspecified atom stereocenters. The van der Waals surface area contributed by atoms with E-state index in [-0.39, 0.29) is 12.1 Å². The predicted octanol–water partition coefficient (Wildman–Crippen LogP) is 5.70. The number of hydrogen-bond acceptors (Lipinski definition) is 4. The summed E-state index contributed by atoms with van der Waals surface area (Å²) in [7, 11) is 0. The lowest BCUT2D eigenvalue weighted by atomic mass is 10.2. The molecule has 8 heteroatoms. The number of anilines is 4. The molecule has 0 bridgehead atoms. The molecule has 8 nitrogen and oxygen atoms in total. The number of hydrogen-bond donors (Lipinski definition) is 3. The van der Waals surface area contributed by atoms with Gasteiger partial charge in [-0.2, -0.15) is 0 Å². The number of urea groups is 2. The summed E-state index contributed by atoms with van der Waals surface area (Å²) in [6.45, 7) is 9.13. The molecule has 0 spiro atoms. The third-order valence-corrected chi connectivity index (χ3v) is 6.13. The van der Waals surface area contributed by atoms with Crippen LogP contribution >= 0.6 is 0 Å². The van der Waals surface area contributed by atoms with Gasteiger partial charge in [0.05, 0.1) is 12.3 Å². The average Bonchev–Trinajstić information content (AvgIpc) is 2.87. The molecule has 1 fully saturated rings. The second-order valence-electron chi connectivity index (χ2n) is 8.78. The van der Waals surface area contributed by atoms with Crippen LogP contribution in [-0.4, -0.2) is 49.7 Å². The van der Waals surface area contributed by atoms with Gasteiger partial charge in [0, 0.05) is 43.2 Å². The van der Waals surface area contributed by atoms with Crippen molar-refractivity contribution >= 4 is 34.8 Å². The van der Waals surface area contributed by atoms with E-state index in [2.05, 4.69) is 20.9 Å². The van der Waals surface area contributed by atoms with Gasteiger partial charge < -0.3 is 30.5 Å². The van der Waals surface area contributed by atoms with E-state index in [1.165, 1.54) is 0 Å². The quantitative estimate of drug-likeness (QED) is 0.416. The molecule has 36 heavy (non-hydrogen) atoms. The molecule has 0 radical (unpaired) electrons. The second kappa shape index (κ2) is 11.5. The SMILES string of the molecule is CCOc1ccc(C)cc1NC(=O)Nc1ccc(N2CCN(C(=O)Nc3ccccc3C)CC2)cc1. The van der Waals surface area contributed by atoms with Gasteiger partial charge >= 0.3 is 12.1 Å². The zero-order valence-electron chi connectivity index (χ0n) is 21.0. The van der Waals surface area contributed by atoms with Crippen LogP contribution in [0.4, 0.5) is 32.3 Å². The van der Waals surface area contributed by atoms with E-state index in [0.717, 1.165) is 35.6 Å². The van der Waals surface area contributed by atoms with Gasteiger partial charge in [-0.3, -0.25) is 0 Å². The third-order valence-electron chi connectivity index (χ3n) is 6.13. The molecule has 1 saturated heterocycles. The number of piperazine rings is 1. The molecule has 3 aromatic carbocycles. The van der Waals surface area contributed by atoms with Crippen LogP contribution in [0.2, 0.25) is 0 Å². The van der Waals surface area contributed by atoms with Gasteiger partial charge in [0.25, 0.3) is 0 Å². The minimum absolute atomic E-state index is 0.0735. The number of nitrogens with one attached hydrogen (secondary N) is 3. The van der Waals surface area contributed by atoms with Crippen molar-refractivity contribution < 1.29 is 14.3 Å². The van der Waals surface area contributed by atoms with Crippen LogP contribution in [0.25, 0.3) is 0 Å². The monoisotopic (exact) mass is 487 g/mol. The molecular formula is C28H33N5O3. The van der Waals surface area contributed by atoms with Gasteiger partial charge in [0.1, 0.15) is 5.75 Å². The summed E-state index contributed by atoms with van der Waals surface area (Å²) in [6, 6.07) is 20.8. The Labute approximate surface area is 212 Å². The van der Waals surface area contributed by atoms with Crippen molar-refractivity contribution in [1.29, 1.82) is 0 Å². The van der Waals surface area contributed by atoms with Crippen LogP contribution in [-0.2, 0) is 0 Å². The zero-order chi connectivity index (χ0) is 25.5. The molecule has 3 aromatic rings. The number of aryl methyl sites for hydroxylation is 2. The Morgan fingerprint density at radius 2 is 1.56 bits per heavy atom. The van der Waals surface area contributed by atoms with E-state index in [4.69, 9.17) is 4.74 Å². The molecule has 0 aliphatic carbocycles. The third kappa shape index (κ3) is 6.27. The maximum atomic E-state index is 12.7. The second-order valence-corrected chi connectivity index (χ2v) is 8.78. The standard InChI is InChI=1S/C28H33N5O3/c1-4-36-26-14-9-20(2)19-25(26)30-27(34)29-22-10-12-23(13-11-22)32-15-17-33(18-16-32)28(35)31-24-8-6-5-7-21(24)3/h5-14,19H,4,15-18H2,1-3H3,(H,31,35)(H2,29,30,34). The topological polar surface area (TPSA) is 85.9 Å². The lowest BCUT2D eigenvalue weighted by molar-refractivity contribution is 0.208. The number of benzene rings is 3. The van der Waals surface area contributed by atoms with Crippen LogP contribution in [0.5, 0.6) is 5.75 Å². The van der Waals surface area contributed by atoms with Crippen LogP contribution in [0.1, 0.15) is 18.1 Å². The fourth-order valence-corrected chi connectivity index (χ4v) is 4.14. The first-order chi connectivity index (χ1) is 17.4. The molecular weight excluding hydrogens is 454 g/mol. The molecule has 1 aliphatic rings. The van der Waals surface area contributed by atoms with Gasteiger partial charge in [-0.05, 0) is 74.4 Å². The first-order valence-corrected chi connectivity index (χ1v) is 12.2.